The number of alkyl carbamates (subject to hydrolysis) is 1. The van der Waals surface area contributed by atoms with Crippen molar-refractivity contribution in [2.24, 2.45) is 0 Å². The number of rotatable bonds is 17. The van der Waals surface area contributed by atoms with Gasteiger partial charge in [0.05, 0.1) is 0 Å². The van der Waals surface area contributed by atoms with Crippen molar-refractivity contribution in [2.75, 3.05) is 18.6 Å². The van der Waals surface area contributed by atoms with Crippen molar-refractivity contribution in [1.82, 2.24) is 15.5 Å². The number of unbranched alkanes of at least 4 members (excludes halogenated alkanes) is 3. The molecule has 0 aliphatic rings. The van der Waals surface area contributed by atoms with Gasteiger partial charge in [-0.1, -0.05) is 74.7 Å². The second kappa shape index (κ2) is 19.6. The van der Waals surface area contributed by atoms with Crippen LogP contribution in [0, 0.1) is 13.8 Å². The molecule has 0 saturated heterocycles. The highest BCUT2D eigenvalue weighted by atomic mass is 32.2. The van der Waals surface area contributed by atoms with Gasteiger partial charge in [-0.15, -0.1) is 0 Å². The van der Waals surface area contributed by atoms with Gasteiger partial charge >= 0.3 is 12.1 Å². The van der Waals surface area contributed by atoms with Gasteiger partial charge in [0.1, 0.15) is 29.3 Å². The normalized spacial score (nSPS) is 13.5. The Labute approximate surface area is 298 Å². The van der Waals surface area contributed by atoms with Crippen molar-refractivity contribution in [1.29, 1.82) is 0 Å². The number of esters is 1. The number of thioether (sulfide) groups is 1. The van der Waals surface area contributed by atoms with Gasteiger partial charge in [0.15, 0.2) is 0 Å². The van der Waals surface area contributed by atoms with E-state index in [0.29, 0.717) is 24.2 Å². The van der Waals surface area contributed by atoms with Gasteiger partial charge in [-0.3, -0.25) is 9.59 Å². The van der Waals surface area contributed by atoms with Gasteiger partial charge in [-0.2, -0.15) is 11.8 Å². The van der Waals surface area contributed by atoms with Crippen molar-refractivity contribution in [2.45, 2.75) is 130 Å². The number of nitrogens with zero attached hydrogens (tertiary/aromatic N) is 1. The third-order valence-electron chi connectivity index (χ3n) is 7.93. The molecule has 49 heavy (non-hydrogen) atoms. The van der Waals surface area contributed by atoms with E-state index in [4.69, 9.17) is 9.47 Å². The Balaban J connectivity index is 2.68. The first-order chi connectivity index (χ1) is 23.0. The Hall–Kier alpha value is -3.53. The topological polar surface area (TPSA) is 114 Å². The number of carbonyl (C=O) groups is 4. The van der Waals surface area contributed by atoms with Crippen molar-refractivity contribution < 1.29 is 28.7 Å². The van der Waals surface area contributed by atoms with E-state index in [1.54, 1.807) is 58.2 Å². The van der Waals surface area contributed by atoms with Gasteiger partial charge in [-0.25, -0.2) is 9.59 Å². The second-order valence-corrected chi connectivity index (χ2v) is 15.5. The summed E-state index contributed by atoms with van der Waals surface area (Å²) in [6.45, 7) is 17.0. The van der Waals surface area contributed by atoms with Gasteiger partial charge in [0, 0.05) is 13.0 Å². The van der Waals surface area contributed by atoms with E-state index in [9.17, 15) is 19.2 Å². The van der Waals surface area contributed by atoms with Crippen LogP contribution in [-0.4, -0.2) is 70.6 Å². The minimum atomic E-state index is -1.08. The predicted molar refractivity (Wildman–Crippen MR) is 199 cm³/mol. The molecule has 0 spiro atoms. The highest BCUT2D eigenvalue weighted by molar-refractivity contribution is 7.98. The number of ether oxygens (including phenoxy) is 2. The molecule has 0 aliphatic heterocycles. The molecule has 2 aromatic rings. The molecule has 9 nitrogen and oxygen atoms in total. The molecule has 0 fully saturated rings. The van der Waals surface area contributed by atoms with Gasteiger partial charge in [-0.05, 0) is 102 Å². The Kier molecular flexibility index (Phi) is 16.7. The summed E-state index contributed by atoms with van der Waals surface area (Å²) >= 11 is 1.56. The van der Waals surface area contributed by atoms with Crippen LogP contribution in [0.4, 0.5) is 4.79 Å². The molecule has 3 amide bonds. The van der Waals surface area contributed by atoms with Crippen LogP contribution >= 0.6 is 11.8 Å². The third kappa shape index (κ3) is 14.5. The fourth-order valence-electron chi connectivity index (χ4n) is 5.41. The summed E-state index contributed by atoms with van der Waals surface area (Å²) < 4.78 is 11.3. The lowest BCUT2D eigenvalue weighted by atomic mass is 9.94. The highest BCUT2D eigenvalue weighted by Gasteiger charge is 2.39. The fraction of sp³-hybridized carbons (Fsp3) is 0.590. The van der Waals surface area contributed by atoms with Crippen LogP contribution < -0.4 is 10.6 Å². The maximum absolute atomic E-state index is 14.7. The maximum Gasteiger partial charge on any atom is 0.408 e. The zero-order chi connectivity index (χ0) is 36.8. The Morgan fingerprint density at radius 2 is 1.47 bits per heavy atom. The largest absolute Gasteiger partial charge is 0.458 e. The van der Waals surface area contributed by atoms with Crippen LogP contribution in [0.5, 0.6) is 0 Å². The Bertz CT molecular complexity index is 1370. The number of amides is 3. The number of nitrogens with one attached hydrogen (secondary N) is 2. The summed E-state index contributed by atoms with van der Waals surface area (Å²) in [4.78, 5) is 57.6. The predicted octanol–water partition coefficient (Wildman–Crippen LogP) is 7.47. The summed E-state index contributed by atoms with van der Waals surface area (Å²) in [5, 5.41) is 5.81. The van der Waals surface area contributed by atoms with E-state index < -0.39 is 47.3 Å². The van der Waals surface area contributed by atoms with Crippen molar-refractivity contribution >= 4 is 35.6 Å². The molecule has 2 N–H and O–H groups in total. The quantitative estimate of drug-likeness (QED) is 0.130. The zero-order valence-electron chi connectivity index (χ0n) is 31.3. The van der Waals surface area contributed by atoms with E-state index in [-0.39, 0.29) is 18.9 Å². The van der Waals surface area contributed by atoms with Gasteiger partial charge in [0.25, 0.3) is 0 Å². The van der Waals surface area contributed by atoms with Gasteiger partial charge in [0.2, 0.25) is 11.8 Å². The molecule has 0 saturated carbocycles. The average Bonchev–Trinajstić information content (AvgIpc) is 3.00. The van der Waals surface area contributed by atoms with Crippen molar-refractivity contribution in [3.05, 3.63) is 70.8 Å². The zero-order valence-corrected chi connectivity index (χ0v) is 32.1. The lowest BCUT2D eigenvalue weighted by Crippen LogP contribution is -2.55. The Morgan fingerprint density at radius 3 is 2.06 bits per heavy atom. The molecular weight excluding hydrogens is 639 g/mol. The molecule has 272 valence electrons. The monoisotopic (exact) mass is 697 g/mol. The average molecular weight is 698 g/mol. The number of benzene rings is 2. The molecule has 0 bridgehead atoms. The Morgan fingerprint density at radius 1 is 0.816 bits per heavy atom. The van der Waals surface area contributed by atoms with Crippen LogP contribution in [0.2, 0.25) is 0 Å². The van der Waals surface area contributed by atoms with Crippen LogP contribution in [0.1, 0.15) is 109 Å². The molecule has 0 aliphatic carbocycles. The fourth-order valence-corrected chi connectivity index (χ4v) is 5.88. The number of hydrogen-bond donors (Lipinski definition) is 2. The van der Waals surface area contributed by atoms with Crippen LogP contribution in [-0.2, 0) is 30.3 Å². The molecule has 3 unspecified atom stereocenters. The first-order valence-electron chi connectivity index (χ1n) is 17.4. The molecule has 3 atom stereocenters. The molecular formula is C39H59N3O6S. The molecule has 0 aromatic heterocycles. The smallest absolute Gasteiger partial charge is 0.408 e. The summed E-state index contributed by atoms with van der Waals surface area (Å²) in [5.74, 6) is -0.831. The molecule has 0 radical (unpaired) electrons. The van der Waals surface area contributed by atoms with Crippen molar-refractivity contribution in [3.63, 3.8) is 0 Å². The SMILES string of the molecule is CCCCCCN(C(=O)C(CCSC)NC(=O)OC(C)(C)C)C(C(=O)NC(Cc1ccccc1)C(=O)OC(C)(C)C)c1cccc(C)c1C. The first kappa shape index (κ1) is 41.6. The molecule has 0 heterocycles. The highest BCUT2D eigenvalue weighted by Crippen LogP contribution is 2.29. The van der Waals surface area contributed by atoms with Crippen LogP contribution in [0.15, 0.2) is 48.5 Å². The van der Waals surface area contributed by atoms with E-state index >= 15 is 0 Å². The van der Waals surface area contributed by atoms with E-state index in [2.05, 4.69) is 17.6 Å². The van der Waals surface area contributed by atoms with Crippen LogP contribution in [0.25, 0.3) is 0 Å². The summed E-state index contributed by atoms with van der Waals surface area (Å²) in [6, 6.07) is 12.1. The van der Waals surface area contributed by atoms with Gasteiger partial charge < -0.3 is 25.0 Å². The maximum atomic E-state index is 14.7. The molecule has 2 aromatic carbocycles. The summed E-state index contributed by atoms with van der Waals surface area (Å²) in [6.07, 6.45) is 5.31. The lowest BCUT2D eigenvalue weighted by Gasteiger charge is -2.36. The first-order valence-corrected chi connectivity index (χ1v) is 18.8. The van der Waals surface area contributed by atoms with E-state index in [1.807, 2.05) is 68.6 Å². The summed E-state index contributed by atoms with van der Waals surface area (Å²) in [5.41, 5.74) is 1.81. The molecule has 2 rings (SSSR count). The van der Waals surface area contributed by atoms with E-state index in [0.717, 1.165) is 36.0 Å². The second-order valence-electron chi connectivity index (χ2n) is 14.5. The van der Waals surface area contributed by atoms with E-state index in [1.165, 1.54) is 0 Å². The van der Waals surface area contributed by atoms with Crippen LogP contribution in [0.3, 0.4) is 0 Å². The lowest BCUT2D eigenvalue weighted by molar-refractivity contribution is -0.159. The third-order valence-corrected chi connectivity index (χ3v) is 8.57. The minimum Gasteiger partial charge on any atom is -0.458 e. The summed E-state index contributed by atoms with van der Waals surface area (Å²) in [7, 11) is 0. The number of hydrogen-bond acceptors (Lipinski definition) is 7. The molecule has 10 heteroatoms. The number of aryl methyl sites for hydroxylation is 1. The standard InChI is InChI=1S/C39H59N3O6S/c1-11-12-13-17-24-42(35(44)31(23-25-49-10)41-37(46)48-39(7,8)9)33(30-22-18-19-27(2)28(30)3)34(43)40-32(36(45)47-38(4,5)6)26-29-20-15-14-16-21-29/h14-16,18-22,31-33H,11-13,17,23-26H2,1-10H3,(H,40,43)(H,41,46). The minimum absolute atomic E-state index is 0.210. The van der Waals surface area contributed by atoms with Crippen molar-refractivity contribution in [3.8, 4) is 0 Å². The number of carbonyl (C=O) groups excluding carboxylic acids is 4.